The lowest BCUT2D eigenvalue weighted by Gasteiger charge is -2.46. The van der Waals surface area contributed by atoms with E-state index in [1.807, 2.05) is 30.3 Å². The molecule has 0 radical (unpaired) electrons. The van der Waals surface area contributed by atoms with E-state index in [0.717, 1.165) is 12.2 Å². The molecule has 2 nitrogen and oxygen atoms in total. The van der Waals surface area contributed by atoms with Crippen LogP contribution in [-0.4, -0.2) is 37.0 Å². The van der Waals surface area contributed by atoms with E-state index in [2.05, 4.69) is 26.6 Å². The molecule has 2 saturated heterocycles. The summed E-state index contributed by atoms with van der Waals surface area (Å²) in [4.78, 5) is 4.34. The fourth-order valence-corrected chi connectivity index (χ4v) is 4.78. The molecule has 0 saturated carbocycles. The fourth-order valence-electron chi connectivity index (χ4n) is 4.12. The molecular formula is C19H22F2N2S. The summed E-state index contributed by atoms with van der Waals surface area (Å²) in [6, 6.07) is 12.0. The van der Waals surface area contributed by atoms with Gasteiger partial charge in [0.1, 0.15) is 0 Å². The van der Waals surface area contributed by atoms with Crippen LogP contribution in [-0.2, 0) is 6.54 Å². The molecule has 2 aliphatic rings. The van der Waals surface area contributed by atoms with Crippen molar-refractivity contribution >= 4 is 17.0 Å². The molecular weight excluding hydrogens is 326 g/mol. The number of hydrogen-bond acceptors (Lipinski definition) is 3. The van der Waals surface area contributed by atoms with Crippen molar-refractivity contribution in [3.63, 3.8) is 0 Å². The van der Waals surface area contributed by atoms with Gasteiger partial charge in [-0.1, -0.05) is 18.2 Å². The monoisotopic (exact) mass is 348 g/mol. The maximum atomic E-state index is 14.9. The maximum Gasteiger partial charge on any atom is 0.257 e. The molecule has 0 N–H and O–H groups in total. The highest BCUT2D eigenvalue weighted by atomic mass is 32.1. The molecule has 0 amide bonds. The Bertz CT molecular complexity index is 674. The zero-order valence-corrected chi connectivity index (χ0v) is 14.4. The Morgan fingerprint density at radius 1 is 1.00 bits per heavy atom. The van der Waals surface area contributed by atoms with Gasteiger partial charge >= 0.3 is 0 Å². The Morgan fingerprint density at radius 3 is 2.58 bits per heavy atom. The molecule has 4 rings (SSSR count). The molecule has 3 heterocycles. The topological polar surface area (TPSA) is 6.48 Å². The number of halogens is 2. The van der Waals surface area contributed by atoms with Crippen molar-refractivity contribution in [1.29, 1.82) is 0 Å². The quantitative estimate of drug-likeness (QED) is 0.807. The normalized spacial score (nSPS) is 27.0. The first kappa shape index (κ1) is 16.0. The van der Waals surface area contributed by atoms with Gasteiger partial charge in [-0.15, -0.1) is 0 Å². The van der Waals surface area contributed by atoms with Crippen LogP contribution in [0.5, 0.6) is 0 Å². The van der Waals surface area contributed by atoms with Crippen LogP contribution in [0.4, 0.5) is 14.5 Å². The van der Waals surface area contributed by atoms with E-state index in [-0.39, 0.29) is 6.42 Å². The van der Waals surface area contributed by atoms with Crippen molar-refractivity contribution < 1.29 is 8.78 Å². The van der Waals surface area contributed by atoms with Crippen molar-refractivity contribution in [3.8, 4) is 0 Å². The molecule has 1 aromatic carbocycles. The van der Waals surface area contributed by atoms with Gasteiger partial charge < -0.3 is 4.90 Å². The van der Waals surface area contributed by atoms with E-state index in [1.165, 1.54) is 5.56 Å². The summed E-state index contributed by atoms with van der Waals surface area (Å²) in [5.41, 5.74) is 1.37. The SMILES string of the molecule is FC1(F)CCN(Cc2ccsc2)CC12CCN(c1ccccc1)C2. The highest BCUT2D eigenvalue weighted by molar-refractivity contribution is 7.07. The van der Waals surface area contributed by atoms with Gasteiger partial charge in [0.15, 0.2) is 0 Å². The summed E-state index contributed by atoms with van der Waals surface area (Å²) in [6.07, 6.45) is 0.537. The van der Waals surface area contributed by atoms with Crippen molar-refractivity contribution in [2.75, 3.05) is 31.1 Å². The first-order valence-corrected chi connectivity index (χ1v) is 9.44. The van der Waals surface area contributed by atoms with Gasteiger partial charge in [0, 0.05) is 44.8 Å². The molecule has 5 heteroatoms. The van der Waals surface area contributed by atoms with Crippen LogP contribution in [0.25, 0.3) is 0 Å². The molecule has 1 unspecified atom stereocenters. The van der Waals surface area contributed by atoms with E-state index in [1.54, 1.807) is 11.3 Å². The van der Waals surface area contributed by atoms with Gasteiger partial charge in [0.2, 0.25) is 0 Å². The van der Waals surface area contributed by atoms with Crippen LogP contribution in [0.2, 0.25) is 0 Å². The predicted molar refractivity (Wildman–Crippen MR) is 94.9 cm³/mol. The zero-order valence-electron chi connectivity index (χ0n) is 13.6. The predicted octanol–water partition coefficient (Wildman–Crippen LogP) is 4.49. The third kappa shape index (κ3) is 2.84. The van der Waals surface area contributed by atoms with E-state index in [9.17, 15) is 8.78 Å². The Balaban J connectivity index is 1.53. The second-order valence-corrected chi connectivity index (χ2v) is 7.86. The third-order valence-corrected chi connectivity index (χ3v) is 6.24. The van der Waals surface area contributed by atoms with Gasteiger partial charge in [0.25, 0.3) is 5.92 Å². The van der Waals surface area contributed by atoms with Crippen LogP contribution in [0.15, 0.2) is 47.2 Å². The van der Waals surface area contributed by atoms with Crippen LogP contribution in [0, 0.1) is 5.41 Å². The number of para-hydroxylation sites is 1. The lowest BCUT2D eigenvalue weighted by atomic mass is 9.75. The largest absolute Gasteiger partial charge is 0.371 e. The van der Waals surface area contributed by atoms with Crippen LogP contribution >= 0.6 is 11.3 Å². The number of piperidine rings is 1. The van der Waals surface area contributed by atoms with Crippen molar-refractivity contribution in [2.45, 2.75) is 25.3 Å². The van der Waals surface area contributed by atoms with Crippen LogP contribution in [0.3, 0.4) is 0 Å². The summed E-state index contributed by atoms with van der Waals surface area (Å²) in [5, 5.41) is 4.17. The van der Waals surface area contributed by atoms with Crippen LogP contribution < -0.4 is 4.90 Å². The Morgan fingerprint density at radius 2 is 1.83 bits per heavy atom. The Hall–Kier alpha value is -1.46. The average molecular weight is 348 g/mol. The lowest BCUT2D eigenvalue weighted by Crippen LogP contribution is -2.56. The Kier molecular flexibility index (Phi) is 4.09. The van der Waals surface area contributed by atoms with Crippen molar-refractivity contribution in [2.24, 2.45) is 5.41 Å². The highest BCUT2D eigenvalue weighted by Gasteiger charge is 2.59. The minimum atomic E-state index is -2.58. The summed E-state index contributed by atoms with van der Waals surface area (Å²) < 4.78 is 29.7. The highest BCUT2D eigenvalue weighted by Crippen LogP contribution is 2.50. The van der Waals surface area contributed by atoms with Gasteiger partial charge in [0.05, 0.1) is 5.41 Å². The molecule has 24 heavy (non-hydrogen) atoms. The van der Waals surface area contributed by atoms with Gasteiger partial charge in [-0.05, 0) is 40.9 Å². The first-order valence-electron chi connectivity index (χ1n) is 8.49. The minimum Gasteiger partial charge on any atom is -0.371 e. The number of anilines is 1. The Labute approximate surface area is 145 Å². The summed E-state index contributed by atoms with van der Waals surface area (Å²) in [7, 11) is 0. The minimum absolute atomic E-state index is 0.0280. The van der Waals surface area contributed by atoms with Gasteiger partial charge in [-0.2, -0.15) is 11.3 Å². The number of thiophene rings is 1. The summed E-state index contributed by atoms with van der Waals surface area (Å²) in [5.74, 6) is -2.58. The number of rotatable bonds is 3. The molecule has 128 valence electrons. The lowest BCUT2D eigenvalue weighted by molar-refractivity contribution is -0.158. The second-order valence-electron chi connectivity index (χ2n) is 7.08. The summed E-state index contributed by atoms with van der Waals surface area (Å²) >= 11 is 1.67. The number of likely N-dealkylation sites (tertiary alicyclic amines) is 1. The van der Waals surface area contributed by atoms with Crippen molar-refractivity contribution in [1.82, 2.24) is 4.90 Å². The van der Waals surface area contributed by atoms with Gasteiger partial charge in [-0.3, -0.25) is 4.90 Å². The fraction of sp³-hybridized carbons (Fsp3) is 0.474. The van der Waals surface area contributed by atoms with E-state index < -0.39 is 11.3 Å². The number of alkyl halides is 2. The van der Waals surface area contributed by atoms with Gasteiger partial charge in [-0.25, -0.2) is 8.78 Å². The molecule has 1 aromatic heterocycles. The standard InChI is InChI=1S/C19H22F2N2S/c20-19(21)8-9-22(12-16-6-11-24-13-16)14-18(19)7-10-23(15-18)17-4-2-1-3-5-17/h1-6,11,13H,7-10,12,14-15H2. The second kappa shape index (κ2) is 6.12. The molecule has 1 spiro atoms. The van der Waals surface area contributed by atoms with Crippen LogP contribution in [0.1, 0.15) is 18.4 Å². The first-order chi connectivity index (χ1) is 11.6. The van der Waals surface area contributed by atoms with E-state index in [0.29, 0.717) is 32.6 Å². The number of nitrogens with zero attached hydrogens (tertiary/aromatic N) is 2. The molecule has 0 aliphatic carbocycles. The third-order valence-electron chi connectivity index (χ3n) is 5.51. The number of hydrogen-bond donors (Lipinski definition) is 0. The number of benzene rings is 1. The van der Waals surface area contributed by atoms with E-state index in [4.69, 9.17) is 0 Å². The molecule has 1 atom stereocenters. The molecule has 2 aromatic rings. The maximum absolute atomic E-state index is 14.9. The molecule has 2 fully saturated rings. The average Bonchev–Trinajstić information content (AvgIpc) is 3.23. The van der Waals surface area contributed by atoms with Crippen molar-refractivity contribution in [3.05, 3.63) is 52.7 Å². The summed E-state index contributed by atoms with van der Waals surface area (Å²) in [6.45, 7) is 2.91. The molecule has 0 bridgehead atoms. The molecule has 2 aliphatic heterocycles. The smallest absolute Gasteiger partial charge is 0.257 e. The van der Waals surface area contributed by atoms with E-state index >= 15 is 0 Å². The zero-order chi connectivity index (χ0) is 16.6.